The molecule has 2 rings (SSSR count). The minimum atomic E-state index is 0.177. The van der Waals surface area contributed by atoms with E-state index < -0.39 is 0 Å². The van der Waals surface area contributed by atoms with Crippen LogP contribution in [0.3, 0.4) is 0 Å². The normalized spacial score (nSPS) is 29.9. The van der Waals surface area contributed by atoms with Crippen LogP contribution in [-0.4, -0.2) is 12.1 Å². The highest BCUT2D eigenvalue weighted by Gasteiger charge is 2.50. The highest BCUT2D eigenvalue weighted by atomic mass is 15.0. The summed E-state index contributed by atoms with van der Waals surface area (Å²) in [6.45, 7) is 7.82. The Hall–Kier alpha value is -0.820. The van der Waals surface area contributed by atoms with Gasteiger partial charge in [0.2, 0.25) is 0 Å². The fraction of sp³-hybridized carbons (Fsp3) is 0.571. The molecule has 1 saturated heterocycles. The highest BCUT2D eigenvalue weighted by molar-refractivity contribution is 5.48. The molecular formula is C14H21N. The third-order valence-corrected chi connectivity index (χ3v) is 3.75. The van der Waals surface area contributed by atoms with E-state index in [0.717, 1.165) is 6.54 Å². The Morgan fingerprint density at radius 2 is 2.07 bits per heavy atom. The summed E-state index contributed by atoms with van der Waals surface area (Å²) in [5.74, 6) is 0. The molecule has 82 valence electrons. The predicted octanol–water partition coefficient (Wildman–Crippen LogP) is 3.21. The van der Waals surface area contributed by atoms with Crippen molar-refractivity contribution in [3.05, 3.63) is 36.0 Å². The van der Waals surface area contributed by atoms with E-state index in [4.69, 9.17) is 0 Å². The van der Waals surface area contributed by atoms with E-state index >= 15 is 0 Å². The van der Waals surface area contributed by atoms with Gasteiger partial charge in [-0.05, 0) is 40.2 Å². The first kappa shape index (κ1) is 10.7. The van der Waals surface area contributed by atoms with E-state index in [1.165, 1.54) is 12.8 Å². The molecule has 1 nitrogen and oxygen atoms in total. The van der Waals surface area contributed by atoms with Crippen molar-refractivity contribution in [3.8, 4) is 0 Å². The van der Waals surface area contributed by atoms with Crippen molar-refractivity contribution >= 4 is 0 Å². The van der Waals surface area contributed by atoms with Crippen LogP contribution < -0.4 is 5.32 Å². The Bertz CT molecular complexity index is 325. The molecule has 0 aromatic carbocycles. The zero-order valence-corrected chi connectivity index (χ0v) is 10.0. The molecule has 1 N–H and O–H groups in total. The summed E-state index contributed by atoms with van der Waals surface area (Å²) in [6.07, 6.45) is 13.7. The summed E-state index contributed by atoms with van der Waals surface area (Å²) in [7, 11) is 0. The van der Waals surface area contributed by atoms with Crippen LogP contribution in [0.1, 0.15) is 33.6 Å². The molecule has 0 aromatic rings. The van der Waals surface area contributed by atoms with Gasteiger partial charge in [-0.2, -0.15) is 0 Å². The molecule has 15 heavy (non-hydrogen) atoms. The van der Waals surface area contributed by atoms with E-state index in [2.05, 4.69) is 56.5 Å². The second kappa shape index (κ2) is 3.64. The smallest absolute Gasteiger partial charge is 0.0452 e. The van der Waals surface area contributed by atoms with E-state index in [-0.39, 0.29) is 11.0 Å². The van der Waals surface area contributed by atoms with Gasteiger partial charge in [0.25, 0.3) is 0 Å². The molecule has 2 aliphatic rings. The average Bonchev–Trinajstić information content (AvgIpc) is 2.98. The van der Waals surface area contributed by atoms with Crippen LogP contribution in [-0.2, 0) is 0 Å². The van der Waals surface area contributed by atoms with Crippen LogP contribution in [0, 0.1) is 5.41 Å². The standard InChI is InChI=1S/C14H21N/c1-4-5-7-12-8-6-11-15-13(2,3)14(12)9-10-14/h4-5,7,9-10,15H,6,8,11H2,1-3H3/b5-4-,12-7-. The second-order valence-corrected chi connectivity index (χ2v) is 5.08. The molecule has 1 fully saturated rings. The zero-order valence-electron chi connectivity index (χ0n) is 10.0. The predicted molar refractivity (Wildman–Crippen MR) is 65.8 cm³/mol. The molecule has 0 amide bonds. The van der Waals surface area contributed by atoms with Crippen LogP contribution in [0.25, 0.3) is 0 Å². The molecule has 0 unspecified atom stereocenters. The summed E-state index contributed by atoms with van der Waals surface area (Å²) in [5.41, 5.74) is 1.97. The van der Waals surface area contributed by atoms with Gasteiger partial charge in [0.05, 0.1) is 0 Å². The molecule has 0 atom stereocenters. The van der Waals surface area contributed by atoms with Gasteiger partial charge in [0.15, 0.2) is 0 Å². The van der Waals surface area contributed by atoms with Crippen LogP contribution >= 0.6 is 0 Å². The third-order valence-electron chi connectivity index (χ3n) is 3.75. The lowest BCUT2D eigenvalue weighted by Gasteiger charge is -2.36. The lowest BCUT2D eigenvalue weighted by atomic mass is 9.75. The largest absolute Gasteiger partial charge is 0.310 e. The quantitative estimate of drug-likeness (QED) is 0.645. The summed E-state index contributed by atoms with van der Waals surface area (Å²) in [5, 5.41) is 3.65. The number of nitrogens with one attached hydrogen (secondary N) is 1. The molecule has 1 aliphatic heterocycles. The van der Waals surface area contributed by atoms with Gasteiger partial charge < -0.3 is 5.32 Å². The van der Waals surface area contributed by atoms with Crippen LogP contribution in [0.2, 0.25) is 0 Å². The molecule has 0 aromatic heterocycles. The van der Waals surface area contributed by atoms with Crippen molar-refractivity contribution in [3.63, 3.8) is 0 Å². The Labute approximate surface area is 93.0 Å². The minimum absolute atomic E-state index is 0.177. The first-order valence-electron chi connectivity index (χ1n) is 5.90. The first-order chi connectivity index (χ1) is 7.12. The van der Waals surface area contributed by atoms with Crippen LogP contribution in [0.5, 0.6) is 0 Å². The summed E-state index contributed by atoms with van der Waals surface area (Å²) >= 11 is 0. The molecule has 1 heteroatoms. The van der Waals surface area contributed by atoms with Crippen molar-refractivity contribution < 1.29 is 0 Å². The Morgan fingerprint density at radius 3 is 2.67 bits per heavy atom. The maximum absolute atomic E-state index is 3.65. The van der Waals surface area contributed by atoms with Gasteiger partial charge in [-0.3, -0.25) is 0 Å². The lowest BCUT2D eigenvalue weighted by molar-refractivity contribution is 0.307. The fourth-order valence-electron chi connectivity index (χ4n) is 2.58. The lowest BCUT2D eigenvalue weighted by Crippen LogP contribution is -2.47. The van der Waals surface area contributed by atoms with Gasteiger partial charge in [0.1, 0.15) is 0 Å². The van der Waals surface area contributed by atoms with E-state index in [9.17, 15) is 0 Å². The fourth-order valence-corrected chi connectivity index (χ4v) is 2.58. The van der Waals surface area contributed by atoms with Crippen LogP contribution in [0.4, 0.5) is 0 Å². The number of allylic oxidation sites excluding steroid dienone is 3. The minimum Gasteiger partial charge on any atom is -0.310 e. The van der Waals surface area contributed by atoms with E-state index in [1.807, 2.05) is 0 Å². The Balaban J connectivity index is 2.30. The van der Waals surface area contributed by atoms with Gasteiger partial charge in [-0.1, -0.05) is 36.0 Å². The SMILES string of the molecule is C/C=C\C=C1\CCCNC(C)(C)C12C=C2. The van der Waals surface area contributed by atoms with Gasteiger partial charge in [-0.25, -0.2) is 0 Å². The summed E-state index contributed by atoms with van der Waals surface area (Å²) in [4.78, 5) is 0. The van der Waals surface area contributed by atoms with Crippen molar-refractivity contribution in [1.29, 1.82) is 0 Å². The molecule has 0 saturated carbocycles. The van der Waals surface area contributed by atoms with Crippen LogP contribution in [0.15, 0.2) is 36.0 Å². The average molecular weight is 203 g/mol. The first-order valence-corrected chi connectivity index (χ1v) is 5.90. The second-order valence-electron chi connectivity index (χ2n) is 5.08. The summed E-state index contributed by atoms with van der Waals surface area (Å²) in [6, 6.07) is 0. The number of hydrogen-bond acceptors (Lipinski definition) is 1. The Kier molecular flexibility index (Phi) is 2.59. The van der Waals surface area contributed by atoms with Crippen molar-refractivity contribution in [1.82, 2.24) is 5.32 Å². The van der Waals surface area contributed by atoms with E-state index in [1.54, 1.807) is 5.57 Å². The maximum atomic E-state index is 3.65. The monoisotopic (exact) mass is 203 g/mol. The van der Waals surface area contributed by atoms with Gasteiger partial charge >= 0.3 is 0 Å². The van der Waals surface area contributed by atoms with Crippen molar-refractivity contribution in [2.75, 3.05) is 6.54 Å². The van der Waals surface area contributed by atoms with Gasteiger partial charge in [-0.15, -0.1) is 0 Å². The molecule has 0 bridgehead atoms. The molecule has 1 aliphatic carbocycles. The topological polar surface area (TPSA) is 12.0 Å². The zero-order chi connectivity index (χ0) is 10.9. The van der Waals surface area contributed by atoms with Gasteiger partial charge in [0, 0.05) is 11.0 Å². The highest BCUT2D eigenvalue weighted by Crippen LogP contribution is 2.53. The van der Waals surface area contributed by atoms with Crippen molar-refractivity contribution in [2.24, 2.45) is 5.41 Å². The molecule has 1 spiro atoms. The number of rotatable bonds is 1. The molecule has 0 radical (unpaired) electrons. The summed E-state index contributed by atoms with van der Waals surface area (Å²) < 4.78 is 0. The molecular weight excluding hydrogens is 182 g/mol. The maximum Gasteiger partial charge on any atom is 0.0452 e. The third kappa shape index (κ3) is 1.69. The van der Waals surface area contributed by atoms with E-state index in [0.29, 0.717) is 0 Å². The van der Waals surface area contributed by atoms with Crippen molar-refractivity contribution in [2.45, 2.75) is 39.2 Å². The Morgan fingerprint density at radius 1 is 1.33 bits per heavy atom. The number of hydrogen-bond donors (Lipinski definition) is 1. The molecule has 1 heterocycles.